The number of piperazine rings is 1. The lowest BCUT2D eigenvalue weighted by atomic mass is 10.1. The van der Waals surface area contributed by atoms with Gasteiger partial charge >= 0.3 is 0 Å². The van der Waals surface area contributed by atoms with Crippen LogP contribution in [-0.4, -0.2) is 75.6 Å². The zero-order valence-corrected chi connectivity index (χ0v) is 17.1. The van der Waals surface area contributed by atoms with E-state index in [4.69, 9.17) is 9.47 Å². The van der Waals surface area contributed by atoms with E-state index in [1.165, 1.54) is 0 Å². The molecule has 2 aromatic carbocycles. The Bertz CT molecular complexity index is 843. The molecule has 0 saturated carbocycles. The predicted molar refractivity (Wildman–Crippen MR) is 112 cm³/mol. The molecule has 0 N–H and O–H groups in total. The second-order valence-electron chi connectivity index (χ2n) is 7.05. The van der Waals surface area contributed by atoms with Gasteiger partial charge < -0.3 is 24.2 Å². The molecule has 1 saturated heterocycles. The number of amides is 2. The van der Waals surface area contributed by atoms with Crippen LogP contribution in [0.3, 0.4) is 0 Å². The highest BCUT2D eigenvalue weighted by atomic mass is 16.5. The number of methoxy groups -OCH3 is 1. The lowest BCUT2D eigenvalue weighted by Gasteiger charge is -2.34. The third-order valence-corrected chi connectivity index (χ3v) is 4.97. The van der Waals surface area contributed by atoms with E-state index in [1.807, 2.05) is 55.4 Å². The molecule has 0 aromatic heterocycles. The maximum absolute atomic E-state index is 12.7. The first-order chi connectivity index (χ1) is 14.0. The quantitative estimate of drug-likeness (QED) is 0.747. The molecule has 0 radical (unpaired) electrons. The molecule has 0 spiro atoms. The SMILES string of the molecule is COc1ccccc1OCC(=O)N1CCN(C(=O)c2ccc(N(C)C)cc2)CC1. The van der Waals surface area contributed by atoms with E-state index in [1.54, 1.807) is 29.0 Å². The molecule has 0 aliphatic carbocycles. The summed E-state index contributed by atoms with van der Waals surface area (Å²) in [4.78, 5) is 30.7. The molecule has 0 unspecified atom stereocenters. The first-order valence-electron chi connectivity index (χ1n) is 9.60. The van der Waals surface area contributed by atoms with Gasteiger partial charge in [-0.1, -0.05) is 12.1 Å². The molecule has 7 nitrogen and oxygen atoms in total. The monoisotopic (exact) mass is 397 g/mol. The minimum atomic E-state index is -0.0988. The van der Waals surface area contributed by atoms with E-state index in [-0.39, 0.29) is 18.4 Å². The average molecular weight is 397 g/mol. The van der Waals surface area contributed by atoms with Crippen LogP contribution in [-0.2, 0) is 4.79 Å². The van der Waals surface area contributed by atoms with Gasteiger partial charge in [0.2, 0.25) is 0 Å². The summed E-state index contributed by atoms with van der Waals surface area (Å²) in [5.74, 6) is 1.03. The second kappa shape index (κ2) is 9.32. The van der Waals surface area contributed by atoms with Gasteiger partial charge in [-0.05, 0) is 36.4 Å². The highest BCUT2D eigenvalue weighted by molar-refractivity contribution is 5.94. The van der Waals surface area contributed by atoms with E-state index >= 15 is 0 Å². The van der Waals surface area contributed by atoms with Crippen molar-refractivity contribution in [3.05, 3.63) is 54.1 Å². The molecule has 29 heavy (non-hydrogen) atoms. The number of benzene rings is 2. The number of hydrogen-bond donors (Lipinski definition) is 0. The fraction of sp³-hybridized carbons (Fsp3) is 0.364. The van der Waals surface area contributed by atoms with Crippen molar-refractivity contribution in [3.8, 4) is 11.5 Å². The minimum Gasteiger partial charge on any atom is -0.493 e. The molecule has 1 aliphatic heterocycles. The maximum atomic E-state index is 12.7. The number of ether oxygens (including phenoxy) is 2. The number of anilines is 1. The molecule has 3 rings (SSSR count). The predicted octanol–water partition coefficient (Wildman–Crippen LogP) is 2.12. The summed E-state index contributed by atoms with van der Waals surface area (Å²) < 4.78 is 10.8. The summed E-state index contributed by atoms with van der Waals surface area (Å²) in [5, 5.41) is 0. The summed E-state index contributed by atoms with van der Waals surface area (Å²) in [6.07, 6.45) is 0. The van der Waals surface area contributed by atoms with E-state index in [0.717, 1.165) is 5.69 Å². The number of carbonyl (C=O) groups is 2. The summed E-state index contributed by atoms with van der Waals surface area (Å²) in [7, 11) is 5.49. The Kier molecular flexibility index (Phi) is 6.59. The van der Waals surface area contributed by atoms with Gasteiger partial charge in [-0.3, -0.25) is 9.59 Å². The Morgan fingerprint density at radius 2 is 1.48 bits per heavy atom. The lowest BCUT2D eigenvalue weighted by molar-refractivity contribution is -0.134. The number of carbonyl (C=O) groups excluding carboxylic acids is 2. The van der Waals surface area contributed by atoms with Crippen molar-refractivity contribution >= 4 is 17.5 Å². The summed E-state index contributed by atoms with van der Waals surface area (Å²) >= 11 is 0. The van der Waals surface area contributed by atoms with Crippen molar-refractivity contribution in [2.24, 2.45) is 0 Å². The second-order valence-corrected chi connectivity index (χ2v) is 7.05. The third-order valence-electron chi connectivity index (χ3n) is 4.97. The molecule has 154 valence electrons. The maximum Gasteiger partial charge on any atom is 0.260 e. The summed E-state index contributed by atoms with van der Waals surface area (Å²) in [6, 6.07) is 14.8. The highest BCUT2D eigenvalue weighted by Crippen LogP contribution is 2.25. The Morgan fingerprint density at radius 3 is 2.07 bits per heavy atom. The number of rotatable bonds is 6. The number of hydrogen-bond acceptors (Lipinski definition) is 5. The van der Waals surface area contributed by atoms with Crippen LogP contribution in [0.4, 0.5) is 5.69 Å². The van der Waals surface area contributed by atoms with Gasteiger partial charge in [-0.25, -0.2) is 0 Å². The van der Waals surface area contributed by atoms with Gasteiger partial charge in [0.05, 0.1) is 7.11 Å². The minimum absolute atomic E-state index is 0.00678. The molecule has 1 fully saturated rings. The smallest absolute Gasteiger partial charge is 0.260 e. The van der Waals surface area contributed by atoms with E-state index in [2.05, 4.69) is 0 Å². The third kappa shape index (κ3) is 4.99. The number of nitrogens with zero attached hydrogens (tertiary/aromatic N) is 3. The van der Waals surface area contributed by atoms with Crippen LogP contribution < -0.4 is 14.4 Å². The standard InChI is InChI=1S/C22H27N3O4/c1-23(2)18-10-8-17(9-11-18)22(27)25-14-12-24(13-15-25)21(26)16-29-20-7-5-4-6-19(20)28-3/h4-11H,12-16H2,1-3H3. The van der Waals surface area contributed by atoms with Gasteiger partial charge in [-0.15, -0.1) is 0 Å². The fourth-order valence-corrected chi connectivity index (χ4v) is 3.21. The van der Waals surface area contributed by atoms with Crippen molar-refractivity contribution in [1.82, 2.24) is 9.80 Å². The van der Waals surface area contributed by atoms with Crippen molar-refractivity contribution in [2.45, 2.75) is 0 Å². The van der Waals surface area contributed by atoms with E-state index in [0.29, 0.717) is 43.2 Å². The van der Waals surface area contributed by atoms with Gasteiger partial charge in [-0.2, -0.15) is 0 Å². The molecule has 2 aromatic rings. The molecule has 7 heteroatoms. The summed E-state index contributed by atoms with van der Waals surface area (Å²) in [5.41, 5.74) is 1.71. The van der Waals surface area contributed by atoms with E-state index in [9.17, 15) is 9.59 Å². The largest absolute Gasteiger partial charge is 0.493 e. The average Bonchev–Trinajstić information content (AvgIpc) is 2.77. The van der Waals surface area contributed by atoms with Gasteiger partial charge in [0.25, 0.3) is 11.8 Å². The van der Waals surface area contributed by atoms with Crippen molar-refractivity contribution in [3.63, 3.8) is 0 Å². The molecule has 0 bridgehead atoms. The van der Waals surface area contributed by atoms with Crippen LogP contribution in [0.1, 0.15) is 10.4 Å². The topological polar surface area (TPSA) is 62.3 Å². The van der Waals surface area contributed by atoms with Crippen molar-refractivity contribution in [2.75, 3.05) is 58.9 Å². The zero-order valence-electron chi connectivity index (χ0n) is 17.1. The summed E-state index contributed by atoms with van der Waals surface area (Å²) in [6.45, 7) is 1.95. The normalized spacial score (nSPS) is 13.8. The lowest BCUT2D eigenvalue weighted by Crippen LogP contribution is -2.51. The first-order valence-corrected chi connectivity index (χ1v) is 9.60. The van der Waals surface area contributed by atoms with Gasteiger partial charge in [0.1, 0.15) is 0 Å². The Hall–Kier alpha value is -3.22. The van der Waals surface area contributed by atoms with Crippen molar-refractivity contribution in [1.29, 1.82) is 0 Å². The number of para-hydroxylation sites is 2. The fourth-order valence-electron chi connectivity index (χ4n) is 3.21. The van der Waals surface area contributed by atoms with Crippen LogP contribution in [0.5, 0.6) is 11.5 Å². The van der Waals surface area contributed by atoms with Gasteiger partial charge in [0, 0.05) is 51.5 Å². The first kappa shape index (κ1) is 20.5. The molecule has 1 heterocycles. The molecule has 1 aliphatic rings. The Balaban J connectivity index is 1.50. The highest BCUT2D eigenvalue weighted by Gasteiger charge is 2.25. The Morgan fingerprint density at radius 1 is 0.897 bits per heavy atom. The molecule has 0 atom stereocenters. The molecule has 2 amide bonds. The van der Waals surface area contributed by atoms with Crippen LogP contribution in [0.2, 0.25) is 0 Å². The van der Waals surface area contributed by atoms with Crippen LogP contribution >= 0.6 is 0 Å². The van der Waals surface area contributed by atoms with Crippen molar-refractivity contribution < 1.29 is 19.1 Å². The zero-order chi connectivity index (χ0) is 20.8. The Labute approximate surface area is 171 Å². The van der Waals surface area contributed by atoms with E-state index < -0.39 is 0 Å². The van der Waals surface area contributed by atoms with Crippen LogP contribution in [0.25, 0.3) is 0 Å². The van der Waals surface area contributed by atoms with Crippen LogP contribution in [0, 0.1) is 0 Å². The van der Waals surface area contributed by atoms with Crippen LogP contribution in [0.15, 0.2) is 48.5 Å². The van der Waals surface area contributed by atoms with Gasteiger partial charge in [0.15, 0.2) is 18.1 Å². The molecular formula is C22H27N3O4. The molecular weight excluding hydrogens is 370 g/mol.